The highest BCUT2D eigenvalue weighted by Gasteiger charge is 2.06. The van der Waals surface area contributed by atoms with Crippen LogP contribution in [0.2, 0.25) is 0 Å². The molecular formula is C14H20N2O2. The molecule has 2 N–H and O–H groups in total. The number of urea groups is 1. The number of benzene rings is 1. The maximum Gasteiger partial charge on any atom is 0.314 e. The van der Waals surface area contributed by atoms with Crippen molar-refractivity contribution >= 4 is 11.8 Å². The smallest absolute Gasteiger partial charge is 0.314 e. The zero-order chi connectivity index (χ0) is 13.5. The van der Waals surface area contributed by atoms with Crippen molar-refractivity contribution in [3.05, 3.63) is 35.4 Å². The molecule has 0 aliphatic rings. The minimum Gasteiger partial charge on any atom is -0.338 e. The van der Waals surface area contributed by atoms with E-state index in [9.17, 15) is 9.59 Å². The first-order valence-electron chi connectivity index (χ1n) is 6.13. The molecule has 0 saturated carbocycles. The topological polar surface area (TPSA) is 58.2 Å². The summed E-state index contributed by atoms with van der Waals surface area (Å²) in [5, 5.41) is 5.36. The molecule has 0 aliphatic heterocycles. The van der Waals surface area contributed by atoms with Crippen LogP contribution in [0.5, 0.6) is 0 Å². The van der Waals surface area contributed by atoms with Gasteiger partial charge in [0.15, 0.2) is 5.78 Å². The zero-order valence-electron chi connectivity index (χ0n) is 11.1. The van der Waals surface area contributed by atoms with E-state index >= 15 is 0 Å². The van der Waals surface area contributed by atoms with Crippen LogP contribution in [0.4, 0.5) is 4.79 Å². The summed E-state index contributed by atoms with van der Waals surface area (Å²) in [5.74, 6) is 0.0415. The summed E-state index contributed by atoms with van der Waals surface area (Å²) in [6.45, 7) is 6.10. The maximum absolute atomic E-state index is 11.8. The fraction of sp³-hybridized carbons (Fsp3) is 0.429. The van der Waals surface area contributed by atoms with Gasteiger partial charge in [-0.05, 0) is 20.8 Å². The Morgan fingerprint density at radius 1 is 1.17 bits per heavy atom. The molecule has 2 amide bonds. The Balaban J connectivity index is 2.33. The van der Waals surface area contributed by atoms with Gasteiger partial charge in [-0.1, -0.05) is 29.8 Å². The minimum absolute atomic E-state index is 0.0415. The van der Waals surface area contributed by atoms with Crippen molar-refractivity contribution in [3.8, 4) is 0 Å². The van der Waals surface area contributed by atoms with Crippen molar-refractivity contribution in [3.63, 3.8) is 0 Å². The van der Waals surface area contributed by atoms with Gasteiger partial charge in [-0.15, -0.1) is 0 Å². The Labute approximate surface area is 108 Å². The number of Topliss-reactive ketones (excluding diaryl/α,β-unsaturated/α-hetero) is 1. The lowest BCUT2D eigenvalue weighted by Crippen LogP contribution is -2.40. The van der Waals surface area contributed by atoms with E-state index in [1.165, 1.54) is 0 Å². The van der Waals surface area contributed by atoms with Crippen LogP contribution in [0.1, 0.15) is 36.2 Å². The molecule has 0 spiro atoms. The van der Waals surface area contributed by atoms with Crippen LogP contribution in [0.15, 0.2) is 24.3 Å². The molecule has 0 heterocycles. The van der Waals surface area contributed by atoms with E-state index in [0.717, 1.165) is 5.56 Å². The molecule has 0 bridgehead atoms. The highest BCUT2D eigenvalue weighted by atomic mass is 16.2. The third-order valence-electron chi connectivity index (χ3n) is 2.43. The molecular weight excluding hydrogens is 228 g/mol. The number of amides is 2. The van der Waals surface area contributed by atoms with Crippen molar-refractivity contribution in [1.82, 2.24) is 10.6 Å². The van der Waals surface area contributed by atoms with Gasteiger partial charge < -0.3 is 10.6 Å². The van der Waals surface area contributed by atoms with Gasteiger partial charge in [0.25, 0.3) is 0 Å². The molecule has 4 heteroatoms. The first-order valence-corrected chi connectivity index (χ1v) is 6.13. The molecule has 1 aromatic rings. The van der Waals surface area contributed by atoms with Gasteiger partial charge in [0.1, 0.15) is 0 Å². The van der Waals surface area contributed by atoms with Crippen molar-refractivity contribution in [2.75, 3.05) is 6.54 Å². The number of hydrogen-bond donors (Lipinski definition) is 2. The molecule has 0 fully saturated rings. The molecule has 0 radical (unpaired) electrons. The first kappa shape index (κ1) is 14.2. The number of carbonyl (C=O) groups is 2. The summed E-state index contributed by atoms with van der Waals surface area (Å²) in [7, 11) is 0. The number of hydrogen-bond acceptors (Lipinski definition) is 2. The zero-order valence-corrected chi connectivity index (χ0v) is 11.1. The SMILES string of the molecule is Cc1ccc(C(=O)CCNC(=O)NC(C)C)cc1. The second kappa shape index (κ2) is 6.79. The van der Waals surface area contributed by atoms with E-state index in [1.807, 2.05) is 45.0 Å². The summed E-state index contributed by atoms with van der Waals surface area (Å²) in [5.41, 5.74) is 1.81. The highest BCUT2D eigenvalue weighted by Crippen LogP contribution is 2.05. The van der Waals surface area contributed by atoms with E-state index in [4.69, 9.17) is 0 Å². The van der Waals surface area contributed by atoms with Crippen LogP contribution < -0.4 is 10.6 Å². The Bertz CT molecular complexity index is 410. The van der Waals surface area contributed by atoms with Crippen molar-refractivity contribution in [2.24, 2.45) is 0 Å². The van der Waals surface area contributed by atoms with E-state index in [1.54, 1.807) is 0 Å². The van der Waals surface area contributed by atoms with Crippen molar-refractivity contribution < 1.29 is 9.59 Å². The molecule has 0 atom stereocenters. The molecule has 1 aromatic carbocycles. The largest absolute Gasteiger partial charge is 0.338 e. The third-order valence-corrected chi connectivity index (χ3v) is 2.43. The Kier molecular flexibility index (Phi) is 5.36. The predicted molar refractivity (Wildman–Crippen MR) is 71.8 cm³/mol. The van der Waals surface area contributed by atoms with E-state index in [0.29, 0.717) is 18.5 Å². The van der Waals surface area contributed by atoms with Crippen LogP contribution in [0, 0.1) is 6.92 Å². The normalized spacial score (nSPS) is 10.2. The average Bonchev–Trinajstić information content (AvgIpc) is 2.28. The number of ketones is 1. The number of aryl methyl sites for hydroxylation is 1. The molecule has 1 rings (SSSR count). The van der Waals surface area contributed by atoms with Crippen molar-refractivity contribution in [1.29, 1.82) is 0 Å². The molecule has 0 unspecified atom stereocenters. The van der Waals surface area contributed by atoms with E-state index in [-0.39, 0.29) is 17.9 Å². The molecule has 18 heavy (non-hydrogen) atoms. The highest BCUT2D eigenvalue weighted by molar-refractivity contribution is 5.96. The summed E-state index contributed by atoms with van der Waals surface area (Å²) >= 11 is 0. The van der Waals surface area contributed by atoms with Crippen molar-refractivity contribution in [2.45, 2.75) is 33.2 Å². The summed E-state index contributed by atoms with van der Waals surface area (Å²) in [6, 6.07) is 7.30. The Morgan fingerprint density at radius 3 is 2.33 bits per heavy atom. The van der Waals surface area contributed by atoms with E-state index < -0.39 is 0 Å². The Hall–Kier alpha value is -1.84. The standard InChI is InChI=1S/C14H20N2O2/c1-10(2)16-14(18)15-9-8-13(17)12-6-4-11(3)5-7-12/h4-7,10H,8-9H2,1-3H3,(H2,15,16,18). The van der Waals surface area contributed by atoms with Crippen LogP contribution in [-0.2, 0) is 0 Å². The van der Waals surface area contributed by atoms with Gasteiger partial charge in [-0.3, -0.25) is 4.79 Å². The van der Waals surface area contributed by atoms with Crippen LogP contribution in [-0.4, -0.2) is 24.4 Å². The monoisotopic (exact) mass is 248 g/mol. The van der Waals surface area contributed by atoms with Gasteiger partial charge in [0.05, 0.1) is 0 Å². The molecule has 98 valence electrons. The number of carbonyl (C=O) groups excluding carboxylic acids is 2. The maximum atomic E-state index is 11.8. The fourth-order valence-electron chi connectivity index (χ4n) is 1.49. The van der Waals surface area contributed by atoms with Gasteiger partial charge in [0.2, 0.25) is 0 Å². The summed E-state index contributed by atoms with van der Waals surface area (Å²) in [4.78, 5) is 23.1. The third kappa shape index (κ3) is 4.99. The lowest BCUT2D eigenvalue weighted by Gasteiger charge is -2.09. The van der Waals surface area contributed by atoms with Gasteiger partial charge in [0, 0.05) is 24.6 Å². The van der Waals surface area contributed by atoms with E-state index in [2.05, 4.69) is 10.6 Å². The van der Waals surface area contributed by atoms with Gasteiger partial charge in [-0.2, -0.15) is 0 Å². The second-order valence-corrected chi connectivity index (χ2v) is 4.59. The predicted octanol–water partition coefficient (Wildman–Crippen LogP) is 2.28. The number of nitrogens with one attached hydrogen (secondary N) is 2. The summed E-state index contributed by atoms with van der Waals surface area (Å²) < 4.78 is 0. The van der Waals surface area contributed by atoms with Gasteiger partial charge in [-0.25, -0.2) is 4.79 Å². The Morgan fingerprint density at radius 2 is 1.78 bits per heavy atom. The van der Waals surface area contributed by atoms with Crippen LogP contribution >= 0.6 is 0 Å². The lowest BCUT2D eigenvalue weighted by atomic mass is 10.1. The quantitative estimate of drug-likeness (QED) is 0.785. The van der Waals surface area contributed by atoms with Gasteiger partial charge >= 0.3 is 6.03 Å². The molecule has 0 aromatic heterocycles. The molecule has 4 nitrogen and oxygen atoms in total. The first-order chi connectivity index (χ1) is 8.49. The lowest BCUT2D eigenvalue weighted by molar-refractivity contribution is 0.0983. The molecule has 0 saturated heterocycles. The van der Waals surface area contributed by atoms with Crippen LogP contribution in [0.25, 0.3) is 0 Å². The fourth-order valence-corrected chi connectivity index (χ4v) is 1.49. The van der Waals surface area contributed by atoms with Crippen LogP contribution in [0.3, 0.4) is 0 Å². The number of rotatable bonds is 5. The summed E-state index contributed by atoms with van der Waals surface area (Å²) in [6.07, 6.45) is 0.314. The average molecular weight is 248 g/mol. The second-order valence-electron chi connectivity index (χ2n) is 4.59. The minimum atomic E-state index is -0.235. The molecule has 0 aliphatic carbocycles.